The molecule has 0 atom stereocenters. The summed E-state index contributed by atoms with van der Waals surface area (Å²) in [5.41, 5.74) is 0.0378. The molecular formula is C16H8F4N2O2. The van der Waals surface area contributed by atoms with Gasteiger partial charge in [-0.25, -0.2) is 0 Å². The van der Waals surface area contributed by atoms with Crippen LogP contribution in [0.15, 0.2) is 42.5 Å². The maximum Gasteiger partial charge on any atom is 0.461 e. The van der Waals surface area contributed by atoms with Crippen molar-refractivity contribution in [3.63, 3.8) is 0 Å². The third-order valence-electron chi connectivity index (χ3n) is 2.80. The number of hydrogen-bond donors (Lipinski definition) is 0. The fraction of sp³-hybridized carbons (Fsp3) is 0.125. The number of rotatable bonds is 5. The normalized spacial score (nSPS) is 10.8. The van der Waals surface area contributed by atoms with E-state index < -0.39 is 18.3 Å². The van der Waals surface area contributed by atoms with Crippen LogP contribution >= 0.6 is 0 Å². The van der Waals surface area contributed by atoms with Crippen LogP contribution in [0.25, 0.3) is 0 Å². The molecule has 4 nitrogen and oxygen atoms in total. The van der Waals surface area contributed by atoms with Gasteiger partial charge in [0.25, 0.3) is 0 Å². The minimum atomic E-state index is -4.64. The van der Waals surface area contributed by atoms with Gasteiger partial charge in [0.1, 0.15) is 35.0 Å². The lowest BCUT2D eigenvalue weighted by Gasteiger charge is -2.17. The van der Waals surface area contributed by atoms with Crippen molar-refractivity contribution in [1.82, 2.24) is 0 Å². The molecule has 0 spiro atoms. The van der Waals surface area contributed by atoms with Crippen molar-refractivity contribution in [2.45, 2.75) is 12.5 Å². The van der Waals surface area contributed by atoms with Crippen LogP contribution in [0.4, 0.5) is 17.6 Å². The highest BCUT2D eigenvalue weighted by atomic mass is 19.3. The van der Waals surface area contributed by atoms with Crippen LogP contribution in [0.3, 0.4) is 0 Å². The summed E-state index contributed by atoms with van der Waals surface area (Å²) in [4.78, 5) is 0. The van der Waals surface area contributed by atoms with Crippen LogP contribution in [0, 0.1) is 22.7 Å². The highest BCUT2D eigenvalue weighted by Crippen LogP contribution is 2.32. The topological polar surface area (TPSA) is 66.0 Å². The minimum Gasteiger partial charge on any atom is -0.456 e. The summed E-state index contributed by atoms with van der Waals surface area (Å²) in [5.74, 6) is -0.536. The van der Waals surface area contributed by atoms with Gasteiger partial charge in [0.05, 0.1) is 5.56 Å². The van der Waals surface area contributed by atoms with E-state index in [1.165, 1.54) is 30.3 Å². The molecule has 0 N–H and O–H groups in total. The first-order valence-corrected chi connectivity index (χ1v) is 6.43. The maximum absolute atomic E-state index is 12.9. The zero-order valence-electron chi connectivity index (χ0n) is 11.8. The number of halogens is 4. The maximum atomic E-state index is 12.9. The lowest BCUT2D eigenvalue weighted by Crippen LogP contribution is -2.33. The largest absolute Gasteiger partial charge is 0.461 e. The summed E-state index contributed by atoms with van der Waals surface area (Å²) in [7, 11) is 0. The van der Waals surface area contributed by atoms with Crippen LogP contribution < -0.4 is 9.47 Å². The van der Waals surface area contributed by atoms with E-state index in [-0.39, 0.29) is 22.6 Å². The number of nitrogens with zero attached hydrogens (tertiary/aromatic N) is 2. The molecule has 0 fully saturated rings. The summed E-state index contributed by atoms with van der Waals surface area (Å²) in [6.45, 7) is 0. The Balaban J connectivity index is 2.29. The zero-order chi connectivity index (χ0) is 17.7. The van der Waals surface area contributed by atoms with Gasteiger partial charge in [-0.05, 0) is 24.3 Å². The molecule has 0 aliphatic carbocycles. The molecule has 2 rings (SSSR count). The molecule has 0 aliphatic heterocycles. The van der Waals surface area contributed by atoms with E-state index in [1.54, 1.807) is 6.07 Å². The molecule has 0 saturated heterocycles. The lowest BCUT2D eigenvalue weighted by molar-refractivity contribution is -0.253. The first kappa shape index (κ1) is 17.1. The van der Waals surface area contributed by atoms with Gasteiger partial charge in [0, 0.05) is 6.07 Å². The fourth-order valence-electron chi connectivity index (χ4n) is 1.75. The molecule has 0 bridgehead atoms. The molecule has 2 aromatic rings. The van der Waals surface area contributed by atoms with Crippen LogP contribution in [0.1, 0.15) is 11.1 Å². The van der Waals surface area contributed by atoms with E-state index in [0.717, 1.165) is 12.1 Å². The molecule has 8 heteroatoms. The van der Waals surface area contributed by atoms with Crippen molar-refractivity contribution < 1.29 is 27.0 Å². The second kappa shape index (κ2) is 6.88. The molecule has 122 valence electrons. The Kier molecular flexibility index (Phi) is 4.90. The molecule has 24 heavy (non-hydrogen) atoms. The average molecular weight is 336 g/mol. The highest BCUT2D eigenvalue weighted by molar-refractivity contribution is 5.55. The predicted molar refractivity (Wildman–Crippen MR) is 74.0 cm³/mol. The van der Waals surface area contributed by atoms with Crippen LogP contribution in [0.5, 0.6) is 17.2 Å². The van der Waals surface area contributed by atoms with Crippen molar-refractivity contribution >= 4 is 0 Å². The molecule has 0 unspecified atom stereocenters. The van der Waals surface area contributed by atoms with Gasteiger partial charge < -0.3 is 9.47 Å². The van der Waals surface area contributed by atoms with E-state index in [1.807, 2.05) is 6.07 Å². The first-order chi connectivity index (χ1) is 11.4. The Bertz CT molecular complexity index is 826. The SMILES string of the molecule is N#Cc1cccc(Oc2cccc(OC(F)(F)C(F)F)c2)c1C#N. The molecule has 0 aliphatic rings. The van der Waals surface area contributed by atoms with Crippen LogP contribution in [-0.2, 0) is 0 Å². The molecular weight excluding hydrogens is 328 g/mol. The van der Waals surface area contributed by atoms with E-state index in [4.69, 9.17) is 15.3 Å². The highest BCUT2D eigenvalue weighted by Gasteiger charge is 2.44. The molecule has 0 aromatic heterocycles. The summed E-state index contributed by atoms with van der Waals surface area (Å²) in [5, 5.41) is 18.0. The number of alkyl halides is 4. The second-order valence-electron chi connectivity index (χ2n) is 4.44. The van der Waals surface area contributed by atoms with E-state index in [0.29, 0.717) is 0 Å². The van der Waals surface area contributed by atoms with Crippen LogP contribution in [-0.4, -0.2) is 12.5 Å². The van der Waals surface area contributed by atoms with E-state index in [9.17, 15) is 17.6 Å². The van der Waals surface area contributed by atoms with Gasteiger partial charge in [-0.1, -0.05) is 12.1 Å². The van der Waals surface area contributed by atoms with Crippen molar-refractivity contribution in [1.29, 1.82) is 10.5 Å². The first-order valence-electron chi connectivity index (χ1n) is 6.43. The number of benzene rings is 2. The summed E-state index contributed by atoms with van der Waals surface area (Å²) < 4.78 is 59.5. The summed E-state index contributed by atoms with van der Waals surface area (Å²) in [6, 6.07) is 12.5. The smallest absolute Gasteiger partial charge is 0.456 e. The third-order valence-corrected chi connectivity index (χ3v) is 2.80. The van der Waals surface area contributed by atoms with Crippen molar-refractivity contribution in [3.8, 4) is 29.4 Å². The number of ether oxygens (including phenoxy) is 2. The molecule has 0 saturated carbocycles. The Morgan fingerprint density at radius 3 is 2.25 bits per heavy atom. The number of nitriles is 2. The molecule has 0 amide bonds. The van der Waals surface area contributed by atoms with Crippen molar-refractivity contribution in [3.05, 3.63) is 53.6 Å². The van der Waals surface area contributed by atoms with Crippen LogP contribution in [0.2, 0.25) is 0 Å². The molecule has 0 heterocycles. The average Bonchev–Trinajstić information content (AvgIpc) is 2.54. The minimum absolute atomic E-state index is 0.0225. The van der Waals surface area contributed by atoms with Crippen molar-refractivity contribution in [2.24, 2.45) is 0 Å². The van der Waals surface area contributed by atoms with Gasteiger partial charge in [0.15, 0.2) is 0 Å². The van der Waals surface area contributed by atoms with Crippen molar-refractivity contribution in [2.75, 3.05) is 0 Å². The number of hydrogen-bond acceptors (Lipinski definition) is 4. The Labute approximate surface area is 134 Å². The van der Waals surface area contributed by atoms with Gasteiger partial charge in [0.2, 0.25) is 0 Å². The van der Waals surface area contributed by atoms with Gasteiger partial charge in [-0.2, -0.15) is 28.1 Å². The second-order valence-corrected chi connectivity index (χ2v) is 4.44. The lowest BCUT2D eigenvalue weighted by atomic mass is 10.1. The summed E-state index contributed by atoms with van der Waals surface area (Å²) in [6.07, 6.45) is -8.63. The quantitative estimate of drug-likeness (QED) is 0.756. The zero-order valence-corrected chi connectivity index (χ0v) is 11.8. The van der Waals surface area contributed by atoms with E-state index in [2.05, 4.69) is 4.74 Å². The fourth-order valence-corrected chi connectivity index (χ4v) is 1.75. The Hall–Kier alpha value is -3.26. The summed E-state index contributed by atoms with van der Waals surface area (Å²) >= 11 is 0. The monoisotopic (exact) mass is 336 g/mol. The Morgan fingerprint density at radius 2 is 1.62 bits per heavy atom. The predicted octanol–water partition coefficient (Wildman–Crippen LogP) is 4.46. The Morgan fingerprint density at radius 1 is 0.958 bits per heavy atom. The van der Waals surface area contributed by atoms with E-state index >= 15 is 0 Å². The molecule has 2 aromatic carbocycles. The third kappa shape index (κ3) is 3.73. The molecule has 0 radical (unpaired) electrons. The van der Waals surface area contributed by atoms with Gasteiger partial charge >= 0.3 is 12.5 Å². The van der Waals surface area contributed by atoms with Gasteiger partial charge in [-0.3, -0.25) is 0 Å². The standard InChI is InChI=1S/C16H8F4N2O2/c17-15(18)16(19,20)24-12-5-2-4-11(7-12)23-14-6-1-3-10(8-21)13(14)9-22/h1-7,15H. The van der Waals surface area contributed by atoms with Gasteiger partial charge in [-0.15, -0.1) is 0 Å².